The summed E-state index contributed by atoms with van der Waals surface area (Å²) in [7, 11) is 1.91. The average Bonchev–Trinajstić information content (AvgIpc) is 2.56. The van der Waals surface area contributed by atoms with Crippen LogP contribution in [0, 0.1) is 11.3 Å². The van der Waals surface area contributed by atoms with E-state index >= 15 is 0 Å². The maximum Gasteiger partial charge on any atom is 0.126 e. The molecule has 1 atom stereocenters. The summed E-state index contributed by atoms with van der Waals surface area (Å²) in [5.41, 5.74) is 8.27. The summed E-state index contributed by atoms with van der Waals surface area (Å²) in [5.74, 6) is 0.833. The number of nitrogens with two attached hydrogens (primary N) is 1. The number of nitriles is 1. The number of rotatable bonds is 1. The first-order valence-electron chi connectivity index (χ1n) is 4.75. The average molecular weight is 200 g/mol. The van der Waals surface area contributed by atoms with Crippen LogP contribution in [-0.4, -0.2) is 9.55 Å². The van der Waals surface area contributed by atoms with E-state index in [1.54, 1.807) is 6.07 Å². The summed E-state index contributed by atoms with van der Waals surface area (Å²) in [6, 6.07) is 7.45. The maximum atomic E-state index is 8.80. The molecule has 0 bridgehead atoms. The Kier molecular flexibility index (Phi) is 2.18. The number of aryl methyl sites for hydroxylation is 1. The van der Waals surface area contributed by atoms with Gasteiger partial charge in [-0.15, -0.1) is 0 Å². The lowest BCUT2D eigenvalue weighted by molar-refractivity contribution is 0.696. The van der Waals surface area contributed by atoms with Gasteiger partial charge < -0.3 is 10.3 Å². The molecule has 0 aliphatic rings. The first-order valence-corrected chi connectivity index (χ1v) is 4.75. The summed E-state index contributed by atoms with van der Waals surface area (Å²) in [6.07, 6.45) is 0. The number of benzene rings is 1. The zero-order valence-corrected chi connectivity index (χ0v) is 8.73. The van der Waals surface area contributed by atoms with Gasteiger partial charge in [0.05, 0.1) is 28.7 Å². The summed E-state index contributed by atoms with van der Waals surface area (Å²) < 4.78 is 1.93. The fourth-order valence-corrected chi connectivity index (χ4v) is 1.69. The van der Waals surface area contributed by atoms with Gasteiger partial charge in [-0.3, -0.25) is 0 Å². The van der Waals surface area contributed by atoms with Crippen molar-refractivity contribution in [3.8, 4) is 6.07 Å². The lowest BCUT2D eigenvalue weighted by Gasteiger charge is -2.04. The number of nitrogens with zero attached hydrogens (tertiary/aromatic N) is 3. The minimum Gasteiger partial charge on any atom is -0.330 e. The third-order valence-electron chi connectivity index (χ3n) is 2.45. The maximum absolute atomic E-state index is 8.80. The highest BCUT2D eigenvalue weighted by molar-refractivity contribution is 5.77. The van der Waals surface area contributed by atoms with Gasteiger partial charge in [-0.05, 0) is 25.1 Å². The zero-order chi connectivity index (χ0) is 11.0. The summed E-state index contributed by atoms with van der Waals surface area (Å²) in [4.78, 5) is 4.42. The standard InChI is InChI=1S/C11H12N4/c1-7(13)11-14-9-4-3-8(6-12)5-10(9)15(11)2/h3-5,7H,13H2,1-2H3. The van der Waals surface area contributed by atoms with E-state index in [0.29, 0.717) is 5.56 Å². The number of fused-ring (bicyclic) bond motifs is 1. The molecule has 4 heteroatoms. The van der Waals surface area contributed by atoms with Gasteiger partial charge in [0.25, 0.3) is 0 Å². The van der Waals surface area contributed by atoms with Gasteiger partial charge >= 0.3 is 0 Å². The number of hydrogen-bond donors (Lipinski definition) is 1. The molecule has 0 amide bonds. The Morgan fingerprint density at radius 1 is 1.53 bits per heavy atom. The van der Waals surface area contributed by atoms with E-state index in [2.05, 4.69) is 11.1 Å². The summed E-state index contributed by atoms with van der Waals surface area (Å²) >= 11 is 0. The fraction of sp³-hybridized carbons (Fsp3) is 0.273. The highest BCUT2D eigenvalue weighted by atomic mass is 15.1. The van der Waals surface area contributed by atoms with Crippen molar-refractivity contribution in [2.45, 2.75) is 13.0 Å². The smallest absolute Gasteiger partial charge is 0.126 e. The van der Waals surface area contributed by atoms with Crippen molar-refractivity contribution in [1.29, 1.82) is 5.26 Å². The van der Waals surface area contributed by atoms with E-state index in [-0.39, 0.29) is 6.04 Å². The highest BCUT2D eigenvalue weighted by Crippen LogP contribution is 2.19. The molecule has 76 valence electrons. The quantitative estimate of drug-likeness (QED) is 0.757. The Balaban J connectivity index is 2.73. The van der Waals surface area contributed by atoms with E-state index in [9.17, 15) is 0 Å². The molecule has 0 radical (unpaired) electrons. The lowest BCUT2D eigenvalue weighted by atomic mass is 10.2. The van der Waals surface area contributed by atoms with Gasteiger partial charge in [-0.2, -0.15) is 5.26 Å². The summed E-state index contributed by atoms with van der Waals surface area (Å²) in [6.45, 7) is 1.90. The van der Waals surface area contributed by atoms with Crippen molar-refractivity contribution in [2.75, 3.05) is 0 Å². The molecule has 1 heterocycles. The summed E-state index contributed by atoms with van der Waals surface area (Å²) in [5, 5.41) is 8.80. The Morgan fingerprint density at radius 3 is 2.87 bits per heavy atom. The molecule has 1 unspecified atom stereocenters. The molecule has 2 rings (SSSR count). The normalized spacial score (nSPS) is 12.7. The molecule has 0 aliphatic carbocycles. The van der Waals surface area contributed by atoms with Crippen molar-refractivity contribution in [1.82, 2.24) is 9.55 Å². The predicted octanol–water partition coefficient (Wildman–Crippen LogP) is 1.46. The largest absolute Gasteiger partial charge is 0.330 e. The van der Waals surface area contributed by atoms with Crippen molar-refractivity contribution in [2.24, 2.45) is 12.8 Å². The third-order valence-corrected chi connectivity index (χ3v) is 2.45. The van der Waals surface area contributed by atoms with Crippen LogP contribution in [-0.2, 0) is 7.05 Å². The number of aromatic nitrogens is 2. The van der Waals surface area contributed by atoms with E-state index in [0.717, 1.165) is 16.9 Å². The van der Waals surface area contributed by atoms with Crippen LogP contribution in [0.3, 0.4) is 0 Å². The van der Waals surface area contributed by atoms with E-state index < -0.39 is 0 Å². The SMILES string of the molecule is CC(N)c1nc2ccc(C#N)cc2n1C. The van der Waals surface area contributed by atoms with Gasteiger partial charge in [0.2, 0.25) is 0 Å². The number of imidazole rings is 1. The molecular formula is C11H12N4. The van der Waals surface area contributed by atoms with Crippen LogP contribution in [0.4, 0.5) is 0 Å². The van der Waals surface area contributed by atoms with Crippen LogP contribution in [0.1, 0.15) is 24.4 Å². The first kappa shape index (κ1) is 9.69. The molecule has 0 fully saturated rings. The Morgan fingerprint density at radius 2 is 2.27 bits per heavy atom. The molecule has 0 aliphatic heterocycles. The zero-order valence-electron chi connectivity index (χ0n) is 8.73. The van der Waals surface area contributed by atoms with E-state index in [1.807, 2.05) is 30.7 Å². The predicted molar refractivity (Wildman–Crippen MR) is 58.0 cm³/mol. The Labute approximate surface area is 87.9 Å². The topological polar surface area (TPSA) is 67.6 Å². The molecule has 15 heavy (non-hydrogen) atoms. The lowest BCUT2D eigenvalue weighted by Crippen LogP contribution is -2.11. The Bertz CT molecular complexity index is 545. The van der Waals surface area contributed by atoms with Crippen LogP contribution in [0.5, 0.6) is 0 Å². The molecule has 2 N–H and O–H groups in total. The van der Waals surface area contributed by atoms with Crippen LogP contribution < -0.4 is 5.73 Å². The Hall–Kier alpha value is -1.86. The van der Waals surface area contributed by atoms with Crippen LogP contribution in [0.25, 0.3) is 11.0 Å². The molecule has 1 aromatic heterocycles. The second-order valence-corrected chi connectivity index (χ2v) is 3.63. The molecule has 0 saturated heterocycles. The number of hydrogen-bond acceptors (Lipinski definition) is 3. The van der Waals surface area contributed by atoms with Gasteiger partial charge in [0, 0.05) is 7.05 Å². The van der Waals surface area contributed by atoms with Crippen molar-refractivity contribution in [3.05, 3.63) is 29.6 Å². The monoisotopic (exact) mass is 200 g/mol. The molecular weight excluding hydrogens is 188 g/mol. The van der Waals surface area contributed by atoms with Crippen LogP contribution >= 0.6 is 0 Å². The fourth-order valence-electron chi connectivity index (χ4n) is 1.69. The minimum atomic E-state index is -0.104. The van der Waals surface area contributed by atoms with Crippen molar-refractivity contribution < 1.29 is 0 Å². The van der Waals surface area contributed by atoms with Crippen LogP contribution in [0.2, 0.25) is 0 Å². The molecule has 4 nitrogen and oxygen atoms in total. The third kappa shape index (κ3) is 1.47. The second kappa shape index (κ2) is 3.37. The van der Waals surface area contributed by atoms with E-state index in [1.165, 1.54) is 0 Å². The van der Waals surface area contributed by atoms with Gasteiger partial charge in [0.1, 0.15) is 5.82 Å². The van der Waals surface area contributed by atoms with Gasteiger partial charge in [-0.1, -0.05) is 0 Å². The van der Waals surface area contributed by atoms with Gasteiger partial charge in [0.15, 0.2) is 0 Å². The molecule has 0 spiro atoms. The van der Waals surface area contributed by atoms with E-state index in [4.69, 9.17) is 11.0 Å². The minimum absolute atomic E-state index is 0.104. The molecule has 1 aromatic carbocycles. The van der Waals surface area contributed by atoms with Crippen LogP contribution in [0.15, 0.2) is 18.2 Å². The van der Waals surface area contributed by atoms with Crippen molar-refractivity contribution in [3.63, 3.8) is 0 Å². The van der Waals surface area contributed by atoms with Crippen molar-refractivity contribution >= 4 is 11.0 Å². The molecule has 0 saturated carbocycles. The molecule has 2 aromatic rings. The highest BCUT2D eigenvalue weighted by Gasteiger charge is 2.10. The van der Waals surface area contributed by atoms with Gasteiger partial charge in [-0.25, -0.2) is 4.98 Å². The first-order chi connectivity index (χ1) is 7.13. The second-order valence-electron chi connectivity index (χ2n) is 3.63.